The normalized spacial score (nSPS) is 11.5. The molecule has 24 heavy (non-hydrogen) atoms. The minimum atomic E-state index is 1.33. The summed E-state index contributed by atoms with van der Waals surface area (Å²) in [7, 11) is 0. The summed E-state index contributed by atoms with van der Waals surface area (Å²) in [5.41, 5.74) is 0. The first-order valence-electron chi connectivity index (χ1n) is 11.6. The molecule has 0 aliphatic heterocycles. The van der Waals surface area contributed by atoms with Crippen molar-refractivity contribution in [2.24, 2.45) is 0 Å². The second-order valence-electron chi connectivity index (χ2n) is 7.79. The Bertz CT molecular complexity index is 206. The molecule has 0 spiro atoms. The first-order chi connectivity index (χ1) is 11.8. The van der Waals surface area contributed by atoms with Crippen LogP contribution in [0.1, 0.15) is 130 Å². The maximum absolute atomic E-state index is 2.71. The van der Waals surface area contributed by atoms with E-state index in [4.69, 9.17) is 0 Å². The third-order valence-electron chi connectivity index (χ3n) is 5.23. The zero-order chi connectivity index (χ0) is 17.7. The van der Waals surface area contributed by atoms with Gasteiger partial charge in [0.25, 0.3) is 0 Å². The van der Waals surface area contributed by atoms with Gasteiger partial charge in [-0.2, -0.15) is 0 Å². The van der Waals surface area contributed by atoms with E-state index in [1.807, 2.05) is 0 Å². The van der Waals surface area contributed by atoms with Gasteiger partial charge in [0.1, 0.15) is 0 Å². The first kappa shape index (κ1) is 24.0. The molecule has 0 atom stereocenters. The van der Waals surface area contributed by atoms with Crippen LogP contribution in [0, 0.1) is 0 Å². The Balaban J connectivity index is 3.29. The van der Waals surface area contributed by atoms with Gasteiger partial charge in [0.05, 0.1) is 0 Å². The second kappa shape index (κ2) is 21.0. The van der Waals surface area contributed by atoms with E-state index in [2.05, 4.69) is 25.7 Å². The number of rotatable bonds is 20. The molecule has 0 aliphatic carbocycles. The molecule has 146 valence electrons. The summed E-state index contributed by atoms with van der Waals surface area (Å²) in [6.07, 6.45) is 24.4. The molecule has 0 saturated carbocycles. The predicted molar refractivity (Wildman–Crippen MR) is 112 cm³/mol. The molecule has 0 saturated heterocycles. The van der Waals surface area contributed by atoms with Crippen molar-refractivity contribution in [2.45, 2.75) is 130 Å². The van der Waals surface area contributed by atoms with Crippen LogP contribution < -0.4 is 0 Å². The van der Waals surface area contributed by atoms with Gasteiger partial charge in [-0.15, -0.1) is 0 Å². The maximum Gasteiger partial charge on any atom is -0.00187 e. The molecule has 0 aliphatic rings. The van der Waals surface area contributed by atoms with Gasteiger partial charge in [-0.3, -0.25) is 0 Å². The number of unbranched alkanes of at least 4 members (excludes halogenated alkanes) is 14. The average Bonchev–Trinajstić information content (AvgIpc) is 2.60. The van der Waals surface area contributed by atoms with Gasteiger partial charge in [-0.25, -0.2) is 0 Å². The van der Waals surface area contributed by atoms with E-state index in [0.29, 0.717) is 0 Å². The fourth-order valence-corrected chi connectivity index (χ4v) is 3.45. The van der Waals surface area contributed by atoms with Gasteiger partial charge < -0.3 is 4.90 Å². The number of hydrogen-bond acceptors (Lipinski definition) is 1. The first-order valence-corrected chi connectivity index (χ1v) is 11.6. The molecular weight excluding hydrogens is 290 g/mol. The van der Waals surface area contributed by atoms with Crippen LogP contribution in [0.2, 0.25) is 0 Å². The molecule has 0 aromatic carbocycles. The van der Waals surface area contributed by atoms with Crippen LogP contribution in [-0.2, 0) is 0 Å². The highest BCUT2D eigenvalue weighted by molar-refractivity contribution is 4.58. The highest BCUT2D eigenvalue weighted by Crippen LogP contribution is 2.12. The lowest BCUT2D eigenvalue weighted by Gasteiger charge is -2.21. The molecular formula is C23H49N. The third-order valence-corrected chi connectivity index (χ3v) is 5.23. The Hall–Kier alpha value is -0.0400. The van der Waals surface area contributed by atoms with Crippen molar-refractivity contribution in [3.8, 4) is 0 Å². The zero-order valence-corrected chi connectivity index (χ0v) is 17.6. The van der Waals surface area contributed by atoms with E-state index in [1.165, 1.54) is 129 Å². The fraction of sp³-hybridized carbons (Fsp3) is 1.00. The van der Waals surface area contributed by atoms with Crippen molar-refractivity contribution in [1.82, 2.24) is 4.90 Å². The van der Waals surface area contributed by atoms with Crippen molar-refractivity contribution >= 4 is 0 Å². The zero-order valence-electron chi connectivity index (χ0n) is 17.6. The lowest BCUT2D eigenvalue weighted by atomic mass is 10.0. The number of nitrogens with zero attached hydrogens (tertiary/aromatic N) is 1. The molecule has 0 heterocycles. The molecule has 0 radical (unpaired) electrons. The summed E-state index contributed by atoms with van der Waals surface area (Å²) in [5, 5.41) is 0. The SMILES string of the molecule is CCCCCCCCCCCCCCCN(CCCC)CCCC. The Morgan fingerprint density at radius 1 is 0.333 bits per heavy atom. The van der Waals surface area contributed by atoms with Crippen LogP contribution in [0.15, 0.2) is 0 Å². The summed E-state index contributed by atoms with van der Waals surface area (Å²) in [6, 6.07) is 0. The van der Waals surface area contributed by atoms with Crippen LogP contribution in [0.25, 0.3) is 0 Å². The third kappa shape index (κ3) is 18.3. The smallest absolute Gasteiger partial charge is 0.00187 e. The second-order valence-corrected chi connectivity index (χ2v) is 7.79. The van der Waals surface area contributed by atoms with Gasteiger partial charge in [-0.05, 0) is 38.9 Å². The topological polar surface area (TPSA) is 3.24 Å². The van der Waals surface area contributed by atoms with Crippen molar-refractivity contribution < 1.29 is 0 Å². The fourth-order valence-electron chi connectivity index (χ4n) is 3.45. The summed E-state index contributed by atoms with van der Waals surface area (Å²) >= 11 is 0. The Labute approximate surface area is 155 Å². The summed E-state index contributed by atoms with van der Waals surface area (Å²) in [6.45, 7) is 10.9. The van der Waals surface area contributed by atoms with Crippen LogP contribution in [0.3, 0.4) is 0 Å². The highest BCUT2D eigenvalue weighted by Gasteiger charge is 2.03. The van der Waals surface area contributed by atoms with Gasteiger partial charge in [0.15, 0.2) is 0 Å². The molecule has 1 nitrogen and oxygen atoms in total. The molecule has 0 amide bonds. The van der Waals surface area contributed by atoms with Crippen LogP contribution >= 0.6 is 0 Å². The predicted octanol–water partition coefficient (Wildman–Crippen LogP) is 7.98. The van der Waals surface area contributed by atoms with Crippen LogP contribution in [0.4, 0.5) is 0 Å². The number of hydrogen-bond donors (Lipinski definition) is 0. The van der Waals surface area contributed by atoms with Crippen molar-refractivity contribution in [2.75, 3.05) is 19.6 Å². The van der Waals surface area contributed by atoms with Gasteiger partial charge >= 0.3 is 0 Å². The van der Waals surface area contributed by atoms with Crippen molar-refractivity contribution in [3.63, 3.8) is 0 Å². The van der Waals surface area contributed by atoms with E-state index in [-0.39, 0.29) is 0 Å². The van der Waals surface area contributed by atoms with E-state index in [9.17, 15) is 0 Å². The molecule has 0 aromatic heterocycles. The molecule has 0 bridgehead atoms. The van der Waals surface area contributed by atoms with Gasteiger partial charge in [-0.1, -0.05) is 111 Å². The highest BCUT2D eigenvalue weighted by atomic mass is 15.1. The molecule has 0 unspecified atom stereocenters. The standard InChI is InChI=1S/C23H49N/c1-4-7-10-11-12-13-14-15-16-17-18-19-20-23-24(21-8-5-2)22-9-6-3/h4-23H2,1-3H3. The Morgan fingerprint density at radius 3 is 1.00 bits per heavy atom. The van der Waals surface area contributed by atoms with Gasteiger partial charge in [0, 0.05) is 0 Å². The molecule has 0 aromatic rings. The van der Waals surface area contributed by atoms with Crippen molar-refractivity contribution in [3.05, 3.63) is 0 Å². The minimum Gasteiger partial charge on any atom is -0.303 e. The van der Waals surface area contributed by atoms with E-state index >= 15 is 0 Å². The monoisotopic (exact) mass is 339 g/mol. The van der Waals surface area contributed by atoms with Crippen LogP contribution in [-0.4, -0.2) is 24.5 Å². The van der Waals surface area contributed by atoms with E-state index in [1.54, 1.807) is 0 Å². The Morgan fingerprint density at radius 2 is 0.625 bits per heavy atom. The molecule has 0 fully saturated rings. The largest absolute Gasteiger partial charge is 0.303 e. The summed E-state index contributed by atoms with van der Waals surface area (Å²) < 4.78 is 0. The van der Waals surface area contributed by atoms with Crippen molar-refractivity contribution in [1.29, 1.82) is 0 Å². The van der Waals surface area contributed by atoms with Gasteiger partial charge in [0.2, 0.25) is 0 Å². The average molecular weight is 340 g/mol. The summed E-state index contributed by atoms with van der Waals surface area (Å²) in [4.78, 5) is 2.71. The van der Waals surface area contributed by atoms with E-state index in [0.717, 1.165) is 0 Å². The molecule has 0 rings (SSSR count). The maximum atomic E-state index is 2.71. The Kier molecular flexibility index (Phi) is 21.0. The minimum absolute atomic E-state index is 1.33. The summed E-state index contributed by atoms with van der Waals surface area (Å²) in [5.74, 6) is 0. The van der Waals surface area contributed by atoms with E-state index < -0.39 is 0 Å². The molecule has 1 heteroatoms. The van der Waals surface area contributed by atoms with Crippen LogP contribution in [0.5, 0.6) is 0 Å². The lowest BCUT2D eigenvalue weighted by Crippen LogP contribution is -2.27. The quantitative estimate of drug-likeness (QED) is 0.203. The molecule has 0 N–H and O–H groups in total. The lowest BCUT2D eigenvalue weighted by molar-refractivity contribution is 0.259.